The van der Waals surface area contributed by atoms with E-state index >= 15 is 0 Å². The Morgan fingerprint density at radius 3 is 2.89 bits per heavy atom. The Morgan fingerprint density at radius 2 is 2.19 bits per heavy atom. The van der Waals surface area contributed by atoms with Crippen LogP contribution in [0.15, 0.2) is 24.7 Å². The van der Waals surface area contributed by atoms with Crippen LogP contribution in [0.25, 0.3) is 0 Å². The van der Waals surface area contributed by atoms with E-state index in [-0.39, 0.29) is 29.1 Å². The number of rotatable bonds is 6. The second-order valence-electron chi connectivity index (χ2n) is 6.80. The first-order valence-electron chi connectivity index (χ1n) is 8.79. The summed E-state index contributed by atoms with van der Waals surface area (Å²) in [6.45, 7) is 0.774. The van der Waals surface area contributed by atoms with Crippen LogP contribution >= 0.6 is 27.3 Å². The van der Waals surface area contributed by atoms with Gasteiger partial charge < -0.3 is 9.84 Å². The van der Waals surface area contributed by atoms with Crippen LogP contribution < -0.4 is 5.32 Å². The Kier molecular flexibility index (Phi) is 5.36. The summed E-state index contributed by atoms with van der Waals surface area (Å²) in [4.78, 5) is 16.8. The molecule has 1 N–H and O–H groups in total. The molecule has 2 aromatic heterocycles. The third-order valence-corrected chi connectivity index (χ3v) is 8.69. The number of hydrogen-bond donors (Lipinski definition) is 1. The van der Waals surface area contributed by atoms with Crippen molar-refractivity contribution in [2.24, 2.45) is 5.92 Å². The number of halogens is 1. The smallest absolute Gasteiger partial charge is 0.252 e. The molecule has 2 fully saturated rings. The number of piperidine rings is 1. The van der Waals surface area contributed by atoms with Crippen LogP contribution in [0.3, 0.4) is 0 Å². The summed E-state index contributed by atoms with van der Waals surface area (Å²) >= 11 is 4.47. The van der Waals surface area contributed by atoms with E-state index in [9.17, 15) is 13.2 Å². The molecule has 2 aliphatic rings. The Labute approximate surface area is 169 Å². The number of carbonyl (C=O) groups excluding carboxylic acids is 1. The monoisotopic (exact) mass is 474 g/mol. The van der Waals surface area contributed by atoms with Crippen LogP contribution in [0.1, 0.15) is 43.3 Å². The number of nitrogens with zero attached hydrogens (tertiary/aromatic N) is 3. The van der Waals surface area contributed by atoms with Crippen molar-refractivity contribution in [3.63, 3.8) is 0 Å². The molecule has 1 unspecified atom stereocenters. The summed E-state index contributed by atoms with van der Waals surface area (Å²) < 4.78 is 33.1. The molecule has 0 bridgehead atoms. The molecule has 11 heteroatoms. The molecule has 1 saturated carbocycles. The van der Waals surface area contributed by atoms with Crippen molar-refractivity contribution >= 4 is 43.2 Å². The van der Waals surface area contributed by atoms with E-state index in [1.165, 1.54) is 15.6 Å². The van der Waals surface area contributed by atoms with Gasteiger partial charge in [-0.15, -0.1) is 11.3 Å². The zero-order valence-electron chi connectivity index (χ0n) is 14.4. The maximum absolute atomic E-state index is 12.8. The molecule has 1 atom stereocenters. The molecule has 1 amide bonds. The SMILES string of the molecule is O=C(NCc1nc(C2CC2)no1)C1CCCN(S(=O)(=O)c2ccc(Br)s2)C1. The van der Waals surface area contributed by atoms with E-state index in [2.05, 4.69) is 31.4 Å². The second-order valence-corrected chi connectivity index (χ2v) is 11.4. The molecule has 1 aliphatic heterocycles. The van der Waals surface area contributed by atoms with Gasteiger partial charge >= 0.3 is 0 Å². The third-order valence-electron chi connectivity index (χ3n) is 4.74. The van der Waals surface area contributed by atoms with Crippen molar-refractivity contribution in [3.8, 4) is 0 Å². The summed E-state index contributed by atoms with van der Waals surface area (Å²) in [5, 5.41) is 6.72. The molecule has 8 nitrogen and oxygen atoms in total. The molecular formula is C16H19BrN4O4S2. The van der Waals surface area contributed by atoms with E-state index < -0.39 is 10.0 Å². The number of thiophene rings is 1. The first-order chi connectivity index (χ1) is 12.9. The first kappa shape index (κ1) is 19.0. The average Bonchev–Trinajstić information content (AvgIpc) is 3.24. The molecule has 0 aromatic carbocycles. The molecule has 146 valence electrons. The lowest BCUT2D eigenvalue weighted by molar-refractivity contribution is -0.126. The van der Waals surface area contributed by atoms with Gasteiger partial charge in [-0.05, 0) is 53.7 Å². The maximum atomic E-state index is 12.8. The zero-order chi connectivity index (χ0) is 19.0. The highest BCUT2D eigenvalue weighted by atomic mass is 79.9. The highest BCUT2D eigenvalue weighted by molar-refractivity contribution is 9.11. The van der Waals surface area contributed by atoms with E-state index in [1.54, 1.807) is 12.1 Å². The van der Waals surface area contributed by atoms with Crippen molar-refractivity contribution in [2.45, 2.75) is 42.4 Å². The summed E-state index contributed by atoms with van der Waals surface area (Å²) in [5.74, 6) is 0.911. The van der Waals surface area contributed by atoms with Gasteiger partial charge in [-0.25, -0.2) is 8.42 Å². The van der Waals surface area contributed by atoms with Crippen molar-refractivity contribution in [2.75, 3.05) is 13.1 Å². The van der Waals surface area contributed by atoms with E-state index in [4.69, 9.17) is 4.52 Å². The molecule has 4 rings (SSSR count). The Bertz CT molecular complexity index is 938. The van der Waals surface area contributed by atoms with Crippen molar-refractivity contribution in [3.05, 3.63) is 27.6 Å². The predicted molar refractivity (Wildman–Crippen MR) is 102 cm³/mol. The van der Waals surface area contributed by atoms with E-state index in [0.29, 0.717) is 37.0 Å². The number of nitrogens with one attached hydrogen (secondary N) is 1. The van der Waals surface area contributed by atoms with Crippen LogP contribution in [0, 0.1) is 5.92 Å². The van der Waals surface area contributed by atoms with Gasteiger partial charge in [-0.3, -0.25) is 4.79 Å². The second kappa shape index (κ2) is 7.61. The average molecular weight is 475 g/mol. The molecular weight excluding hydrogens is 456 g/mol. The van der Waals surface area contributed by atoms with Gasteiger partial charge in [0.1, 0.15) is 4.21 Å². The Balaban J connectivity index is 1.36. The molecule has 0 radical (unpaired) electrons. The van der Waals surface area contributed by atoms with Gasteiger partial charge in [0.05, 0.1) is 16.2 Å². The van der Waals surface area contributed by atoms with Gasteiger partial charge in [0.25, 0.3) is 10.0 Å². The van der Waals surface area contributed by atoms with Crippen LogP contribution in [0.4, 0.5) is 0 Å². The molecule has 27 heavy (non-hydrogen) atoms. The number of aromatic nitrogens is 2. The molecule has 1 saturated heterocycles. The lowest BCUT2D eigenvalue weighted by Crippen LogP contribution is -2.45. The van der Waals surface area contributed by atoms with Crippen molar-refractivity contribution in [1.29, 1.82) is 0 Å². The number of amides is 1. The van der Waals surface area contributed by atoms with E-state index in [1.807, 2.05) is 0 Å². The van der Waals surface area contributed by atoms with Gasteiger partial charge in [-0.1, -0.05) is 5.16 Å². The number of hydrogen-bond acceptors (Lipinski definition) is 7. The molecule has 3 heterocycles. The Hall–Kier alpha value is -1.30. The van der Waals surface area contributed by atoms with E-state index in [0.717, 1.165) is 16.6 Å². The molecule has 2 aromatic rings. The minimum absolute atomic E-state index is 0.166. The van der Waals surface area contributed by atoms with Crippen LogP contribution in [-0.2, 0) is 21.4 Å². The summed E-state index contributed by atoms with van der Waals surface area (Å²) in [5.41, 5.74) is 0. The van der Waals surface area contributed by atoms with Crippen molar-refractivity contribution < 1.29 is 17.7 Å². The fraction of sp³-hybridized carbons (Fsp3) is 0.562. The summed E-state index contributed by atoms with van der Waals surface area (Å²) in [6, 6.07) is 3.30. The largest absolute Gasteiger partial charge is 0.347 e. The highest BCUT2D eigenvalue weighted by Crippen LogP contribution is 2.38. The van der Waals surface area contributed by atoms with Crippen LogP contribution in [0.2, 0.25) is 0 Å². The highest BCUT2D eigenvalue weighted by Gasteiger charge is 2.34. The predicted octanol–water partition coefficient (Wildman–Crippen LogP) is 2.49. The quantitative estimate of drug-likeness (QED) is 0.689. The first-order valence-corrected chi connectivity index (χ1v) is 11.8. The summed E-state index contributed by atoms with van der Waals surface area (Å²) in [6.07, 6.45) is 3.47. The minimum atomic E-state index is -3.57. The van der Waals surface area contributed by atoms with Crippen LogP contribution in [-0.4, -0.2) is 41.9 Å². The third kappa shape index (κ3) is 4.25. The van der Waals surface area contributed by atoms with Gasteiger partial charge in [0, 0.05) is 19.0 Å². The summed E-state index contributed by atoms with van der Waals surface area (Å²) in [7, 11) is -3.57. The lowest BCUT2D eigenvalue weighted by atomic mass is 9.99. The fourth-order valence-electron chi connectivity index (χ4n) is 3.09. The number of carbonyl (C=O) groups is 1. The maximum Gasteiger partial charge on any atom is 0.252 e. The van der Waals surface area contributed by atoms with Crippen molar-refractivity contribution in [1.82, 2.24) is 19.8 Å². The standard InChI is InChI=1S/C16H19BrN4O4S2/c17-12-5-6-14(26-12)27(23,24)21-7-1-2-11(9-21)16(22)18-8-13-19-15(20-25-13)10-3-4-10/h5-6,10-11H,1-4,7-9H2,(H,18,22). The number of sulfonamides is 1. The lowest BCUT2D eigenvalue weighted by Gasteiger charge is -2.30. The minimum Gasteiger partial charge on any atom is -0.347 e. The van der Waals surface area contributed by atoms with Crippen LogP contribution in [0.5, 0.6) is 0 Å². The molecule has 0 spiro atoms. The zero-order valence-corrected chi connectivity index (χ0v) is 17.6. The fourth-order valence-corrected chi connectivity index (χ4v) is 6.78. The topological polar surface area (TPSA) is 105 Å². The van der Waals surface area contributed by atoms with Gasteiger partial charge in [-0.2, -0.15) is 9.29 Å². The molecule has 1 aliphatic carbocycles. The van der Waals surface area contributed by atoms with Gasteiger partial charge in [0.15, 0.2) is 5.82 Å². The Morgan fingerprint density at radius 1 is 1.37 bits per heavy atom. The van der Waals surface area contributed by atoms with Gasteiger partial charge in [0.2, 0.25) is 11.8 Å². The normalized spacial score (nSPS) is 21.3.